The highest BCUT2D eigenvalue weighted by atomic mass is 16.5. The quantitative estimate of drug-likeness (QED) is 0.0133. The minimum atomic E-state index is -0.603. The highest BCUT2D eigenvalue weighted by Gasteiger charge is 2.24. The van der Waals surface area contributed by atoms with Crippen molar-refractivity contribution in [2.45, 2.75) is 227 Å². The van der Waals surface area contributed by atoms with Crippen LogP contribution in [0, 0.1) is 35.8 Å². The van der Waals surface area contributed by atoms with E-state index in [-0.39, 0.29) is 74.7 Å². The number of esters is 4. The van der Waals surface area contributed by atoms with Crippen LogP contribution in [0.15, 0.2) is 103 Å². The maximum atomic E-state index is 13.0. The molecule has 0 aliphatic heterocycles. The lowest BCUT2D eigenvalue weighted by molar-refractivity contribution is -0.140. The van der Waals surface area contributed by atoms with E-state index in [4.69, 9.17) is 56.3 Å². The SMILES string of the molecule is [C-]#[N+]CC(=C)C(=O)OCCCc1cc(CC)c(OCCCCCC)c(Cc2cc(CCCOC(=O)C(=C)C[N+]#[C-])cc(Cc3cc(CCCOC(=O)C(=C)CC#N)cc(Cc4cc(CCCOC(=O)C(=C)CC#N)ccc4OCCCCCC)c3OCCCCCC)c2OCCCCCC)c1. The molecule has 4 rings (SSSR count). The van der Waals surface area contributed by atoms with Gasteiger partial charge in [0.15, 0.2) is 0 Å². The van der Waals surface area contributed by atoms with Gasteiger partial charge in [0.25, 0.3) is 0 Å². The first-order chi connectivity index (χ1) is 49.1. The number of nitrogens with zero attached hydrogens (tertiary/aromatic N) is 4. The van der Waals surface area contributed by atoms with Gasteiger partial charge in [0.05, 0.1) is 77.8 Å². The summed E-state index contributed by atoms with van der Waals surface area (Å²) in [5.41, 5.74) is 11.3. The van der Waals surface area contributed by atoms with Gasteiger partial charge >= 0.3 is 23.9 Å². The molecule has 0 bridgehead atoms. The molecule has 4 aromatic carbocycles. The Bertz CT molecular complexity index is 3500. The predicted molar refractivity (Wildman–Crippen MR) is 399 cm³/mol. The minimum absolute atomic E-state index is 0.0981. The highest BCUT2D eigenvalue weighted by Crippen LogP contribution is 2.40. The van der Waals surface area contributed by atoms with E-state index in [1.807, 2.05) is 18.2 Å². The van der Waals surface area contributed by atoms with Gasteiger partial charge in [0.1, 0.15) is 34.1 Å². The number of aryl methyl sites for hydroxylation is 5. The summed E-state index contributed by atoms with van der Waals surface area (Å²) in [7, 11) is 0. The lowest BCUT2D eigenvalue weighted by atomic mass is 9.89. The third-order valence-corrected chi connectivity index (χ3v) is 17.2. The zero-order chi connectivity index (χ0) is 73.4. The lowest BCUT2D eigenvalue weighted by Crippen LogP contribution is -2.12. The number of carbonyl (C=O) groups is 4. The van der Waals surface area contributed by atoms with E-state index in [0.29, 0.717) is 103 Å². The van der Waals surface area contributed by atoms with Crippen molar-refractivity contribution in [3.05, 3.63) is 187 Å². The standard InChI is InChI=1S/C85H112N4O12/c1-12-17-21-25-43-94-78-38-37-67(33-29-47-98-82(90)63(6)39-41-86)51-72(78)58-73-54-69(35-31-48-99-83(91)64(7)40-42-87)55-76(80(73)96-45-27-23-19-14-3)60-77-57-70(36-32-50-101-85(93)66(9)62-89-11)56-75(81(77)97-46-28-24-20-15-4)59-74-53-68(34-30-49-100-84(92)65(8)61-88-10)52-71(16-5)79(74)95-44-26-22-18-13-2/h37-38,51-57H,6-9,12-36,39-40,43-50,58-62H2,1-5H3. The Morgan fingerprint density at radius 3 is 0.990 bits per heavy atom. The molecule has 0 heterocycles. The van der Waals surface area contributed by atoms with Crippen molar-refractivity contribution in [3.8, 4) is 35.1 Å². The van der Waals surface area contributed by atoms with Gasteiger partial charge in [0.2, 0.25) is 13.1 Å². The van der Waals surface area contributed by atoms with Crippen molar-refractivity contribution in [1.82, 2.24) is 0 Å². The molecule has 4 aromatic rings. The number of benzene rings is 4. The van der Waals surface area contributed by atoms with Crippen LogP contribution in [0.1, 0.15) is 237 Å². The number of ether oxygens (including phenoxy) is 8. The van der Waals surface area contributed by atoms with Crippen molar-refractivity contribution in [3.63, 3.8) is 0 Å². The molecule has 0 spiro atoms. The van der Waals surface area contributed by atoms with Crippen LogP contribution in [0.5, 0.6) is 23.0 Å². The molecule has 16 nitrogen and oxygen atoms in total. The first-order valence-electron chi connectivity index (χ1n) is 36.9. The molecular weight excluding hydrogens is 1270 g/mol. The van der Waals surface area contributed by atoms with E-state index in [2.05, 4.69) is 119 Å². The van der Waals surface area contributed by atoms with Crippen molar-refractivity contribution < 1.29 is 57.1 Å². The molecule has 0 saturated heterocycles. The fourth-order valence-corrected chi connectivity index (χ4v) is 11.7. The van der Waals surface area contributed by atoms with Crippen molar-refractivity contribution in [2.24, 2.45) is 0 Å². The number of hydrogen-bond acceptors (Lipinski definition) is 14. The molecule has 544 valence electrons. The van der Waals surface area contributed by atoms with Gasteiger partial charge in [0, 0.05) is 30.4 Å². The molecule has 0 N–H and O–H groups in total. The Morgan fingerprint density at radius 2 is 0.663 bits per heavy atom. The Labute approximate surface area is 604 Å². The minimum Gasteiger partial charge on any atom is -0.493 e. The fraction of sp³-hybridized carbons (Fsp3) is 0.529. The van der Waals surface area contributed by atoms with Gasteiger partial charge in [-0.1, -0.05) is 187 Å². The molecular formula is C85H112N4O12. The summed E-state index contributed by atoms with van der Waals surface area (Å²) in [6.07, 6.45) is 22.2. The van der Waals surface area contributed by atoms with Crippen LogP contribution in [0.25, 0.3) is 9.69 Å². The first kappa shape index (κ1) is 84.3. The van der Waals surface area contributed by atoms with Gasteiger partial charge in [-0.2, -0.15) is 10.5 Å². The van der Waals surface area contributed by atoms with Crippen LogP contribution < -0.4 is 18.9 Å². The molecule has 0 aliphatic rings. The maximum absolute atomic E-state index is 13.0. The number of hydrogen-bond donors (Lipinski definition) is 0. The van der Waals surface area contributed by atoms with Gasteiger partial charge in [-0.05, 0) is 151 Å². The Morgan fingerprint density at radius 1 is 0.366 bits per heavy atom. The predicted octanol–water partition coefficient (Wildman–Crippen LogP) is 18.7. The smallest absolute Gasteiger partial charge is 0.340 e. The largest absolute Gasteiger partial charge is 0.493 e. The second-order valence-corrected chi connectivity index (χ2v) is 25.9. The Kier molecular flexibility index (Phi) is 41.9. The number of carbonyl (C=O) groups excluding carboxylic acids is 4. The maximum Gasteiger partial charge on any atom is 0.340 e. The molecule has 0 unspecified atom stereocenters. The van der Waals surface area contributed by atoms with Gasteiger partial charge < -0.3 is 47.6 Å². The number of nitriles is 2. The highest BCUT2D eigenvalue weighted by molar-refractivity contribution is 5.89. The summed E-state index contributed by atoms with van der Waals surface area (Å²) >= 11 is 0. The van der Waals surface area contributed by atoms with Crippen molar-refractivity contribution in [1.29, 1.82) is 10.5 Å². The summed E-state index contributed by atoms with van der Waals surface area (Å²) in [4.78, 5) is 57.9. The van der Waals surface area contributed by atoms with Gasteiger partial charge in [-0.25, -0.2) is 32.3 Å². The van der Waals surface area contributed by atoms with Crippen LogP contribution in [0.3, 0.4) is 0 Å². The number of unbranched alkanes of at least 4 members (excludes halogenated alkanes) is 12. The molecule has 0 radical (unpaired) electrons. The van der Waals surface area contributed by atoms with Gasteiger partial charge in [-0.15, -0.1) is 0 Å². The monoisotopic (exact) mass is 1380 g/mol. The van der Waals surface area contributed by atoms with Crippen molar-refractivity contribution in [2.75, 3.05) is 65.9 Å². The zero-order valence-corrected chi connectivity index (χ0v) is 61.5. The van der Waals surface area contributed by atoms with Crippen LogP contribution >= 0.6 is 0 Å². The van der Waals surface area contributed by atoms with E-state index in [1.54, 1.807) is 0 Å². The molecule has 0 aromatic heterocycles. The summed E-state index contributed by atoms with van der Waals surface area (Å²) < 4.78 is 50.5. The van der Waals surface area contributed by atoms with Crippen LogP contribution in [-0.2, 0) is 89.5 Å². The molecule has 101 heavy (non-hydrogen) atoms. The van der Waals surface area contributed by atoms with Gasteiger partial charge in [-0.3, -0.25) is 0 Å². The van der Waals surface area contributed by atoms with Crippen LogP contribution in [0.4, 0.5) is 0 Å². The van der Waals surface area contributed by atoms with E-state index < -0.39 is 23.9 Å². The van der Waals surface area contributed by atoms with Crippen molar-refractivity contribution >= 4 is 23.9 Å². The third-order valence-electron chi connectivity index (χ3n) is 17.2. The second kappa shape index (κ2) is 50.2. The van der Waals surface area contributed by atoms with E-state index in [9.17, 15) is 24.4 Å². The average molecular weight is 1380 g/mol. The van der Waals surface area contributed by atoms with E-state index in [0.717, 1.165) is 187 Å². The summed E-state index contributed by atoms with van der Waals surface area (Å²) in [5, 5.41) is 18.5. The zero-order valence-electron chi connectivity index (χ0n) is 61.5. The molecule has 0 fully saturated rings. The van der Waals surface area contributed by atoms with Crippen LogP contribution in [0.2, 0.25) is 0 Å². The summed E-state index contributed by atoms with van der Waals surface area (Å²) in [5.74, 6) is 0.763. The van der Waals surface area contributed by atoms with E-state index >= 15 is 0 Å². The van der Waals surface area contributed by atoms with Crippen LogP contribution in [-0.4, -0.2) is 89.8 Å². The third kappa shape index (κ3) is 32.0. The second-order valence-electron chi connectivity index (χ2n) is 25.9. The molecule has 16 heteroatoms. The summed E-state index contributed by atoms with van der Waals surface area (Å²) in [6, 6.07) is 23.5. The topological polar surface area (TPSA) is 198 Å². The first-order valence-corrected chi connectivity index (χ1v) is 36.9. The molecule has 0 atom stereocenters. The molecule has 0 aliphatic carbocycles. The number of rotatable bonds is 55. The Hall–Kier alpha value is -9.12. The molecule has 0 amide bonds. The lowest BCUT2D eigenvalue weighted by Gasteiger charge is -2.23. The van der Waals surface area contributed by atoms with E-state index in [1.165, 1.54) is 0 Å². The molecule has 0 saturated carbocycles. The Balaban J connectivity index is 2.09. The average Bonchev–Trinajstić information content (AvgIpc) is 0.813. The summed E-state index contributed by atoms with van der Waals surface area (Å²) in [6.45, 7) is 42.7. The normalized spacial score (nSPS) is 10.7. The fourth-order valence-electron chi connectivity index (χ4n) is 11.7.